The van der Waals surface area contributed by atoms with Crippen LogP contribution in [0.5, 0.6) is 5.75 Å². The highest BCUT2D eigenvalue weighted by atomic mass is 16.5. The average molecular weight is 251 g/mol. The van der Waals surface area contributed by atoms with E-state index in [1.165, 1.54) is 0 Å². The maximum absolute atomic E-state index is 11.8. The van der Waals surface area contributed by atoms with Crippen LogP contribution in [0.15, 0.2) is 24.3 Å². The fourth-order valence-corrected chi connectivity index (χ4v) is 1.62. The van der Waals surface area contributed by atoms with Gasteiger partial charge in [0.25, 0.3) is 0 Å². The lowest BCUT2D eigenvalue weighted by molar-refractivity contribution is -0.131. The smallest absolute Gasteiger partial charge is 0.222 e. The summed E-state index contributed by atoms with van der Waals surface area (Å²) in [7, 11) is 3.40. The summed E-state index contributed by atoms with van der Waals surface area (Å²) in [5.41, 5.74) is 1.06. The summed E-state index contributed by atoms with van der Waals surface area (Å²) in [5.74, 6) is 0.855. The number of hydrogen-bond acceptors (Lipinski definition) is 3. The summed E-state index contributed by atoms with van der Waals surface area (Å²) in [6, 6.07) is 7.64. The number of methoxy groups -OCH3 is 1. The molecule has 4 nitrogen and oxygen atoms in total. The summed E-state index contributed by atoms with van der Waals surface area (Å²) in [6.07, 6.45) is 0.458. The minimum atomic E-state index is -0.427. The van der Waals surface area contributed by atoms with Crippen LogP contribution in [0, 0.1) is 0 Å². The Balaban J connectivity index is 2.47. The number of carbonyl (C=O) groups excluding carboxylic acids is 1. The second-order valence-corrected chi connectivity index (χ2v) is 4.49. The molecule has 18 heavy (non-hydrogen) atoms. The molecular formula is C14H21NO3. The van der Waals surface area contributed by atoms with E-state index in [4.69, 9.17) is 9.84 Å². The lowest BCUT2D eigenvalue weighted by Gasteiger charge is -2.18. The number of hydrogen-bond donors (Lipinski definition) is 1. The first kappa shape index (κ1) is 14.5. The number of ether oxygens (including phenoxy) is 1. The fraction of sp³-hybridized carbons (Fsp3) is 0.500. The van der Waals surface area contributed by atoms with E-state index in [1.54, 1.807) is 26.0 Å². The van der Waals surface area contributed by atoms with Crippen molar-refractivity contribution in [1.29, 1.82) is 0 Å². The summed E-state index contributed by atoms with van der Waals surface area (Å²) < 4.78 is 5.08. The zero-order valence-electron chi connectivity index (χ0n) is 11.2. The third kappa shape index (κ3) is 4.75. The predicted octanol–water partition coefficient (Wildman–Crippen LogP) is 1.81. The van der Waals surface area contributed by atoms with E-state index in [1.807, 2.05) is 24.3 Å². The Hall–Kier alpha value is -1.55. The van der Waals surface area contributed by atoms with Crippen molar-refractivity contribution in [3.63, 3.8) is 0 Å². The van der Waals surface area contributed by atoms with Crippen LogP contribution in [0.2, 0.25) is 0 Å². The van der Waals surface area contributed by atoms with Crippen molar-refractivity contribution in [3.05, 3.63) is 29.8 Å². The molecule has 100 valence electrons. The first-order valence-corrected chi connectivity index (χ1v) is 6.08. The van der Waals surface area contributed by atoms with Crippen molar-refractivity contribution in [1.82, 2.24) is 4.90 Å². The Morgan fingerprint density at radius 1 is 1.39 bits per heavy atom. The molecule has 0 heterocycles. The van der Waals surface area contributed by atoms with Crippen LogP contribution >= 0.6 is 0 Å². The van der Waals surface area contributed by atoms with Crippen molar-refractivity contribution in [2.45, 2.75) is 32.4 Å². The van der Waals surface area contributed by atoms with Crippen LogP contribution < -0.4 is 4.74 Å². The SMILES string of the molecule is COc1ccc(CN(C)C(=O)CCC(C)O)cc1. The van der Waals surface area contributed by atoms with Gasteiger partial charge in [-0.1, -0.05) is 12.1 Å². The zero-order chi connectivity index (χ0) is 13.5. The van der Waals surface area contributed by atoms with Crippen LogP contribution in [-0.4, -0.2) is 36.2 Å². The van der Waals surface area contributed by atoms with Crippen LogP contribution in [0.3, 0.4) is 0 Å². The number of amides is 1. The van der Waals surface area contributed by atoms with E-state index in [2.05, 4.69) is 0 Å². The summed E-state index contributed by atoms with van der Waals surface area (Å²) in [6.45, 7) is 2.26. The van der Waals surface area contributed by atoms with Gasteiger partial charge in [-0.05, 0) is 31.0 Å². The minimum absolute atomic E-state index is 0.0479. The molecule has 0 aliphatic carbocycles. The van der Waals surface area contributed by atoms with Crippen molar-refractivity contribution in [2.24, 2.45) is 0 Å². The Labute approximate surface area is 108 Å². The maximum Gasteiger partial charge on any atom is 0.222 e. The van der Waals surface area contributed by atoms with Gasteiger partial charge in [-0.15, -0.1) is 0 Å². The molecule has 1 aromatic carbocycles. The minimum Gasteiger partial charge on any atom is -0.497 e. The monoisotopic (exact) mass is 251 g/mol. The van der Waals surface area contributed by atoms with Gasteiger partial charge in [-0.3, -0.25) is 4.79 Å². The molecule has 0 radical (unpaired) electrons. The van der Waals surface area contributed by atoms with Crippen molar-refractivity contribution >= 4 is 5.91 Å². The maximum atomic E-state index is 11.8. The molecular weight excluding hydrogens is 230 g/mol. The first-order valence-electron chi connectivity index (χ1n) is 6.08. The second kappa shape index (κ2) is 7.01. The van der Waals surface area contributed by atoms with Crippen LogP contribution in [0.4, 0.5) is 0 Å². The van der Waals surface area contributed by atoms with Gasteiger partial charge in [-0.25, -0.2) is 0 Å². The second-order valence-electron chi connectivity index (χ2n) is 4.49. The zero-order valence-corrected chi connectivity index (χ0v) is 11.2. The van der Waals surface area contributed by atoms with Crippen LogP contribution in [0.1, 0.15) is 25.3 Å². The van der Waals surface area contributed by atoms with E-state index in [0.29, 0.717) is 19.4 Å². The molecule has 1 rings (SSSR count). The standard InChI is InChI=1S/C14H21NO3/c1-11(16)4-9-14(17)15(2)10-12-5-7-13(18-3)8-6-12/h5-8,11,16H,4,9-10H2,1-3H3. The molecule has 1 amide bonds. The average Bonchev–Trinajstić information content (AvgIpc) is 2.36. The lowest BCUT2D eigenvalue weighted by Crippen LogP contribution is -2.26. The molecule has 0 aliphatic rings. The number of benzene rings is 1. The van der Waals surface area contributed by atoms with E-state index < -0.39 is 6.10 Å². The van der Waals surface area contributed by atoms with Gasteiger partial charge in [0.1, 0.15) is 5.75 Å². The van der Waals surface area contributed by atoms with E-state index >= 15 is 0 Å². The first-order chi connectivity index (χ1) is 8.52. The largest absolute Gasteiger partial charge is 0.497 e. The van der Waals surface area contributed by atoms with Gasteiger partial charge in [0.05, 0.1) is 13.2 Å². The molecule has 0 saturated heterocycles. The summed E-state index contributed by atoms with van der Waals surface area (Å²) in [4.78, 5) is 13.4. The van der Waals surface area contributed by atoms with E-state index in [9.17, 15) is 4.79 Å². The number of rotatable bonds is 6. The van der Waals surface area contributed by atoms with E-state index in [0.717, 1.165) is 11.3 Å². The molecule has 0 aliphatic heterocycles. The highest BCUT2D eigenvalue weighted by Gasteiger charge is 2.10. The predicted molar refractivity (Wildman–Crippen MR) is 70.4 cm³/mol. The third-order valence-corrected chi connectivity index (χ3v) is 2.78. The Bertz CT molecular complexity index is 373. The molecule has 0 fully saturated rings. The molecule has 1 unspecified atom stereocenters. The molecule has 0 saturated carbocycles. The molecule has 1 aromatic rings. The number of aliphatic hydroxyl groups excluding tert-OH is 1. The molecule has 0 spiro atoms. The summed E-state index contributed by atoms with van der Waals surface area (Å²) in [5, 5.41) is 9.15. The normalized spacial score (nSPS) is 12.0. The van der Waals surface area contributed by atoms with Gasteiger partial charge in [0, 0.05) is 20.0 Å². The van der Waals surface area contributed by atoms with E-state index in [-0.39, 0.29) is 5.91 Å². The number of nitrogens with zero attached hydrogens (tertiary/aromatic N) is 1. The van der Waals surface area contributed by atoms with Crippen molar-refractivity contribution in [2.75, 3.05) is 14.2 Å². The van der Waals surface area contributed by atoms with Crippen LogP contribution in [0.25, 0.3) is 0 Å². The highest BCUT2D eigenvalue weighted by molar-refractivity contribution is 5.75. The van der Waals surface area contributed by atoms with Gasteiger partial charge in [0.15, 0.2) is 0 Å². The van der Waals surface area contributed by atoms with Crippen molar-refractivity contribution < 1.29 is 14.6 Å². The van der Waals surface area contributed by atoms with Crippen LogP contribution in [-0.2, 0) is 11.3 Å². The van der Waals surface area contributed by atoms with Gasteiger partial charge >= 0.3 is 0 Å². The Morgan fingerprint density at radius 3 is 2.50 bits per heavy atom. The highest BCUT2D eigenvalue weighted by Crippen LogP contribution is 2.13. The van der Waals surface area contributed by atoms with Gasteiger partial charge in [-0.2, -0.15) is 0 Å². The summed E-state index contributed by atoms with van der Waals surface area (Å²) >= 11 is 0. The third-order valence-electron chi connectivity index (χ3n) is 2.78. The van der Waals surface area contributed by atoms with Crippen molar-refractivity contribution in [3.8, 4) is 5.75 Å². The molecule has 1 N–H and O–H groups in total. The topological polar surface area (TPSA) is 49.8 Å². The quantitative estimate of drug-likeness (QED) is 0.839. The van der Waals surface area contributed by atoms with Gasteiger partial charge < -0.3 is 14.7 Å². The fourth-order valence-electron chi connectivity index (χ4n) is 1.62. The molecule has 0 bridgehead atoms. The Morgan fingerprint density at radius 2 is 2.00 bits per heavy atom. The molecule has 0 aromatic heterocycles. The number of aliphatic hydroxyl groups is 1. The number of carbonyl (C=O) groups is 1. The van der Waals surface area contributed by atoms with Gasteiger partial charge in [0.2, 0.25) is 5.91 Å². The Kier molecular flexibility index (Phi) is 5.65. The lowest BCUT2D eigenvalue weighted by atomic mass is 10.1. The molecule has 1 atom stereocenters. The molecule has 4 heteroatoms.